The summed E-state index contributed by atoms with van der Waals surface area (Å²) in [5, 5.41) is 0. The number of carbonyl (C=O) groups excluding carboxylic acids is 3. The first-order valence-corrected chi connectivity index (χ1v) is 7.59. The second-order valence-electron chi connectivity index (χ2n) is 6.16. The van der Waals surface area contributed by atoms with Crippen molar-refractivity contribution in [1.82, 2.24) is 4.90 Å². The summed E-state index contributed by atoms with van der Waals surface area (Å²) in [7, 11) is 0. The molecule has 0 spiro atoms. The van der Waals surface area contributed by atoms with Crippen molar-refractivity contribution >= 4 is 17.6 Å². The zero-order valence-corrected chi connectivity index (χ0v) is 12.8. The Labute approximate surface area is 129 Å². The van der Waals surface area contributed by atoms with E-state index in [0.29, 0.717) is 18.4 Å². The molecule has 2 atom stereocenters. The number of hydrogen-bond donors (Lipinski definition) is 0. The summed E-state index contributed by atoms with van der Waals surface area (Å²) < 4.78 is 0. The number of amides is 2. The Bertz CT molecular complexity index is 664. The third-order valence-electron chi connectivity index (χ3n) is 4.59. The minimum Gasteiger partial charge on any atom is -0.292 e. The predicted molar refractivity (Wildman–Crippen MR) is 82.3 cm³/mol. The number of nitrogens with zero attached hydrogens (tertiary/aromatic N) is 1. The molecule has 114 valence electrons. The van der Waals surface area contributed by atoms with Crippen LogP contribution >= 0.6 is 0 Å². The van der Waals surface area contributed by atoms with E-state index in [2.05, 4.69) is 0 Å². The molecule has 1 heterocycles. The van der Waals surface area contributed by atoms with Crippen LogP contribution in [0.15, 0.2) is 30.4 Å². The van der Waals surface area contributed by atoms with Crippen LogP contribution in [0.2, 0.25) is 0 Å². The van der Waals surface area contributed by atoms with Gasteiger partial charge in [-0.3, -0.25) is 19.3 Å². The Morgan fingerprint density at radius 3 is 2.27 bits per heavy atom. The highest BCUT2D eigenvalue weighted by Crippen LogP contribution is 2.35. The molecule has 0 radical (unpaired) electrons. The van der Waals surface area contributed by atoms with Crippen LogP contribution in [-0.2, 0) is 9.59 Å². The van der Waals surface area contributed by atoms with Gasteiger partial charge in [0, 0.05) is 5.56 Å². The Balaban J connectivity index is 1.81. The van der Waals surface area contributed by atoms with Crippen LogP contribution in [0.5, 0.6) is 0 Å². The maximum Gasteiger partial charge on any atom is 0.233 e. The summed E-state index contributed by atoms with van der Waals surface area (Å²) in [5.74, 6) is -1.11. The van der Waals surface area contributed by atoms with Crippen molar-refractivity contribution in [1.29, 1.82) is 0 Å². The van der Waals surface area contributed by atoms with Crippen LogP contribution in [0.4, 0.5) is 0 Å². The smallest absolute Gasteiger partial charge is 0.233 e. The highest BCUT2D eigenvalue weighted by Gasteiger charge is 2.47. The molecule has 3 rings (SSSR count). The van der Waals surface area contributed by atoms with Crippen molar-refractivity contribution in [2.24, 2.45) is 11.8 Å². The third kappa shape index (κ3) is 2.39. The molecule has 0 N–H and O–H groups in total. The monoisotopic (exact) mass is 297 g/mol. The van der Waals surface area contributed by atoms with E-state index in [1.54, 1.807) is 0 Å². The summed E-state index contributed by atoms with van der Waals surface area (Å²) in [6, 6.07) is 5.65. The first-order valence-electron chi connectivity index (χ1n) is 7.59. The maximum absolute atomic E-state index is 12.5. The van der Waals surface area contributed by atoms with E-state index >= 15 is 0 Å². The predicted octanol–water partition coefficient (Wildman–Crippen LogP) is 2.44. The van der Waals surface area contributed by atoms with Crippen LogP contribution in [0, 0.1) is 25.7 Å². The molecule has 22 heavy (non-hydrogen) atoms. The van der Waals surface area contributed by atoms with Crippen LogP contribution in [0.25, 0.3) is 0 Å². The minimum atomic E-state index is -0.274. The van der Waals surface area contributed by atoms with Crippen LogP contribution in [0.1, 0.15) is 34.3 Å². The zero-order chi connectivity index (χ0) is 15.9. The molecule has 0 bridgehead atoms. The van der Waals surface area contributed by atoms with Gasteiger partial charge in [0.25, 0.3) is 0 Å². The lowest BCUT2D eigenvalue weighted by Crippen LogP contribution is -2.36. The number of ketones is 1. The van der Waals surface area contributed by atoms with Gasteiger partial charge in [-0.1, -0.05) is 29.8 Å². The fraction of sp³-hybridized carbons (Fsp3) is 0.389. The van der Waals surface area contributed by atoms with Crippen LogP contribution < -0.4 is 0 Å². The lowest BCUT2D eigenvalue weighted by atomic mass is 9.85. The van der Waals surface area contributed by atoms with Crippen molar-refractivity contribution in [2.75, 3.05) is 6.54 Å². The fourth-order valence-electron chi connectivity index (χ4n) is 3.29. The molecular weight excluding hydrogens is 278 g/mol. The normalized spacial score (nSPS) is 23.8. The van der Waals surface area contributed by atoms with E-state index in [9.17, 15) is 14.4 Å². The van der Waals surface area contributed by atoms with Gasteiger partial charge in [0.1, 0.15) is 0 Å². The van der Waals surface area contributed by atoms with Gasteiger partial charge in [-0.25, -0.2) is 0 Å². The molecule has 1 fully saturated rings. The molecule has 2 aliphatic rings. The molecule has 1 aromatic rings. The van der Waals surface area contributed by atoms with E-state index in [4.69, 9.17) is 0 Å². The number of imide groups is 1. The number of carbonyl (C=O) groups is 3. The molecule has 4 nitrogen and oxygen atoms in total. The number of aryl methyl sites for hydroxylation is 2. The van der Waals surface area contributed by atoms with Crippen molar-refractivity contribution in [3.05, 3.63) is 47.0 Å². The van der Waals surface area contributed by atoms with Gasteiger partial charge >= 0.3 is 0 Å². The van der Waals surface area contributed by atoms with Gasteiger partial charge < -0.3 is 0 Å². The summed E-state index contributed by atoms with van der Waals surface area (Å²) in [4.78, 5) is 38.4. The number of allylic oxidation sites excluding steroid dienone is 2. The average Bonchev–Trinajstić information content (AvgIpc) is 2.75. The van der Waals surface area contributed by atoms with Crippen molar-refractivity contribution in [3.8, 4) is 0 Å². The van der Waals surface area contributed by atoms with Crippen LogP contribution in [-0.4, -0.2) is 29.0 Å². The molecule has 1 aliphatic carbocycles. The van der Waals surface area contributed by atoms with Crippen molar-refractivity contribution in [2.45, 2.75) is 26.7 Å². The Morgan fingerprint density at radius 2 is 1.68 bits per heavy atom. The molecule has 1 saturated heterocycles. The van der Waals surface area contributed by atoms with E-state index in [-0.39, 0.29) is 36.0 Å². The highest BCUT2D eigenvalue weighted by atomic mass is 16.2. The first kappa shape index (κ1) is 14.7. The quantitative estimate of drug-likeness (QED) is 0.489. The zero-order valence-electron chi connectivity index (χ0n) is 12.8. The molecule has 0 unspecified atom stereocenters. The fourth-order valence-corrected chi connectivity index (χ4v) is 3.29. The number of rotatable bonds is 3. The molecular formula is C18H19NO3. The van der Waals surface area contributed by atoms with Crippen molar-refractivity contribution < 1.29 is 14.4 Å². The topological polar surface area (TPSA) is 54.5 Å². The van der Waals surface area contributed by atoms with Crippen LogP contribution in [0.3, 0.4) is 0 Å². The second-order valence-corrected chi connectivity index (χ2v) is 6.16. The average molecular weight is 297 g/mol. The first-order chi connectivity index (χ1) is 10.5. The lowest BCUT2D eigenvalue weighted by Gasteiger charge is -2.15. The largest absolute Gasteiger partial charge is 0.292 e. The van der Waals surface area contributed by atoms with Gasteiger partial charge in [-0.05, 0) is 38.3 Å². The third-order valence-corrected chi connectivity index (χ3v) is 4.59. The Kier molecular flexibility index (Phi) is 3.69. The molecule has 4 heteroatoms. The number of benzene rings is 1. The summed E-state index contributed by atoms with van der Waals surface area (Å²) in [6.45, 7) is 3.64. The number of hydrogen-bond acceptors (Lipinski definition) is 3. The number of fused-ring (bicyclic) bond motifs is 1. The van der Waals surface area contributed by atoms with E-state index in [0.717, 1.165) is 16.0 Å². The maximum atomic E-state index is 12.5. The van der Waals surface area contributed by atoms with Gasteiger partial charge in [0.2, 0.25) is 11.8 Å². The summed E-state index contributed by atoms with van der Waals surface area (Å²) in [5.41, 5.74) is 2.45. The molecule has 1 aromatic carbocycles. The standard InChI is InChI=1S/C18H19NO3/c1-11-7-8-12(2)15(9-11)16(20)10-19-17(21)13-5-3-4-6-14(13)18(19)22/h3-4,7-9,13-14H,5-6,10H2,1-2H3/t13-,14+. The molecule has 2 amide bonds. The van der Waals surface area contributed by atoms with E-state index in [1.165, 1.54) is 0 Å². The lowest BCUT2D eigenvalue weighted by molar-refractivity contribution is -0.139. The van der Waals surface area contributed by atoms with E-state index in [1.807, 2.05) is 44.2 Å². The van der Waals surface area contributed by atoms with Crippen molar-refractivity contribution in [3.63, 3.8) is 0 Å². The Morgan fingerprint density at radius 1 is 1.09 bits per heavy atom. The second kappa shape index (κ2) is 5.52. The molecule has 1 aliphatic heterocycles. The van der Waals surface area contributed by atoms with Gasteiger partial charge in [0.15, 0.2) is 5.78 Å². The number of Topliss-reactive ketones (excluding diaryl/α,β-unsaturated/α-hetero) is 1. The highest BCUT2D eigenvalue weighted by molar-refractivity contribution is 6.10. The summed E-state index contributed by atoms with van der Waals surface area (Å²) >= 11 is 0. The van der Waals surface area contributed by atoms with E-state index < -0.39 is 0 Å². The van der Waals surface area contributed by atoms with Gasteiger partial charge in [-0.15, -0.1) is 0 Å². The SMILES string of the molecule is Cc1ccc(C)c(C(=O)CN2C(=O)[C@H]3CC=CC[C@H]3C2=O)c1. The summed E-state index contributed by atoms with van der Waals surface area (Å²) in [6.07, 6.45) is 5.09. The van der Waals surface area contributed by atoms with Gasteiger partial charge in [0.05, 0.1) is 18.4 Å². The molecule has 0 aromatic heterocycles. The minimum absolute atomic E-state index is 0.144. The Hall–Kier alpha value is -2.23. The molecule has 0 saturated carbocycles. The number of likely N-dealkylation sites (tertiary alicyclic amines) is 1. The van der Waals surface area contributed by atoms with Gasteiger partial charge in [-0.2, -0.15) is 0 Å².